The summed E-state index contributed by atoms with van der Waals surface area (Å²) in [5.41, 5.74) is 0. The molecule has 0 atom stereocenters. The number of aryl methyl sites for hydroxylation is 1. The smallest absolute Gasteiger partial charge is 0.134 e. The first kappa shape index (κ1) is 14.2. The fourth-order valence-corrected chi connectivity index (χ4v) is 1.88. The van der Waals surface area contributed by atoms with E-state index in [4.69, 9.17) is 16.7 Å². The largest absolute Gasteiger partial charge is 0.395 e. The Morgan fingerprint density at radius 1 is 1.24 bits per heavy atom. The Morgan fingerprint density at radius 3 is 2.59 bits per heavy atom. The summed E-state index contributed by atoms with van der Waals surface area (Å²) in [5.74, 6) is 1.58. The molecule has 0 saturated heterocycles. The van der Waals surface area contributed by atoms with Gasteiger partial charge in [0, 0.05) is 25.6 Å². The van der Waals surface area contributed by atoms with Crippen LogP contribution in [0.5, 0.6) is 0 Å². The molecule has 0 unspecified atom stereocenters. The van der Waals surface area contributed by atoms with Crippen molar-refractivity contribution in [1.82, 2.24) is 9.97 Å². The first-order valence-corrected chi connectivity index (χ1v) is 6.48. The van der Waals surface area contributed by atoms with Crippen LogP contribution < -0.4 is 4.90 Å². The summed E-state index contributed by atoms with van der Waals surface area (Å²) in [7, 11) is 0. The number of hydrogen-bond acceptors (Lipinski definition) is 4. The van der Waals surface area contributed by atoms with Crippen molar-refractivity contribution in [2.75, 3.05) is 24.6 Å². The van der Waals surface area contributed by atoms with Gasteiger partial charge in [-0.05, 0) is 12.8 Å². The van der Waals surface area contributed by atoms with E-state index in [1.165, 1.54) is 0 Å². The predicted molar refractivity (Wildman–Crippen MR) is 70.6 cm³/mol. The molecule has 4 nitrogen and oxygen atoms in total. The lowest BCUT2D eigenvalue weighted by molar-refractivity contribution is 0.301. The number of aliphatic hydroxyl groups excluding tert-OH is 1. The van der Waals surface area contributed by atoms with E-state index < -0.39 is 0 Å². The van der Waals surface area contributed by atoms with Gasteiger partial charge in [-0.1, -0.05) is 25.4 Å². The molecule has 17 heavy (non-hydrogen) atoms. The molecule has 0 aliphatic rings. The van der Waals surface area contributed by atoms with Crippen LogP contribution in [-0.4, -0.2) is 34.8 Å². The van der Waals surface area contributed by atoms with Gasteiger partial charge in [0.1, 0.15) is 16.8 Å². The minimum atomic E-state index is 0.116. The number of anilines is 1. The van der Waals surface area contributed by atoms with Crippen molar-refractivity contribution in [1.29, 1.82) is 0 Å². The molecule has 1 rings (SSSR count). The van der Waals surface area contributed by atoms with E-state index >= 15 is 0 Å². The van der Waals surface area contributed by atoms with Crippen LogP contribution in [0.2, 0.25) is 5.15 Å². The molecule has 0 saturated carbocycles. The van der Waals surface area contributed by atoms with Gasteiger partial charge in [0.25, 0.3) is 0 Å². The SMILES string of the molecule is CCCc1nc(Cl)cc(N(CCC)CCO)n1. The molecule has 0 aliphatic carbocycles. The second-order valence-corrected chi connectivity index (χ2v) is 4.31. The van der Waals surface area contributed by atoms with E-state index in [-0.39, 0.29) is 6.61 Å². The van der Waals surface area contributed by atoms with Crippen molar-refractivity contribution in [2.24, 2.45) is 0 Å². The van der Waals surface area contributed by atoms with E-state index in [9.17, 15) is 0 Å². The predicted octanol–water partition coefficient (Wildman–Crippen LogP) is 2.29. The van der Waals surface area contributed by atoms with Gasteiger partial charge in [0.2, 0.25) is 0 Å². The van der Waals surface area contributed by atoms with Crippen LogP contribution >= 0.6 is 11.6 Å². The summed E-state index contributed by atoms with van der Waals surface area (Å²) in [6.45, 7) is 5.73. The molecule has 1 aromatic heterocycles. The van der Waals surface area contributed by atoms with Gasteiger partial charge in [0.05, 0.1) is 6.61 Å². The zero-order chi connectivity index (χ0) is 12.7. The van der Waals surface area contributed by atoms with Crippen LogP contribution in [0, 0.1) is 0 Å². The number of rotatable bonds is 7. The lowest BCUT2D eigenvalue weighted by Crippen LogP contribution is -2.28. The first-order chi connectivity index (χ1) is 8.21. The zero-order valence-electron chi connectivity index (χ0n) is 10.5. The van der Waals surface area contributed by atoms with E-state index in [0.717, 1.165) is 37.4 Å². The third-order valence-electron chi connectivity index (χ3n) is 2.39. The Labute approximate surface area is 108 Å². The average Bonchev–Trinajstić information content (AvgIpc) is 2.28. The lowest BCUT2D eigenvalue weighted by atomic mass is 10.3. The average molecular weight is 258 g/mol. The summed E-state index contributed by atoms with van der Waals surface area (Å²) >= 11 is 5.99. The fraction of sp³-hybridized carbons (Fsp3) is 0.667. The van der Waals surface area contributed by atoms with E-state index in [1.807, 2.05) is 4.90 Å². The standard InChI is InChI=1S/C12H20ClN3O/c1-3-5-11-14-10(13)9-12(15-11)16(6-4-2)7-8-17/h9,17H,3-8H2,1-2H3. The quantitative estimate of drug-likeness (QED) is 0.762. The molecule has 1 aromatic rings. The van der Waals surface area contributed by atoms with Gasteiger partial charge in [-0.25, -0.2) is 9.97 Å². The molecular formula is C12H20ClN3O. The van der Waals surface area contributed by atoms with E-state index in [1.54, 1.807) is 6.07 Å². The first-order valence-electron chi connectivity index (χ1n) is 6.10. The van der Waals surface area contributed by atoms with E-state index in [0.29, 0.717) is 11.7 Å². The van der Waals surface area contributed by atoms with Crippen LogP contribution in [0.25, 0.3) is 0 Å². The molecule has 0 fully saturated rings. The third-order valence-corrected chi connectivity index (χ3v) is 2.58. The fourth-order valence-electron chi connectivity index (χ4n) is 1.68. The molecule has 0 aliphatic heterocycles. The van der Waals surface area contributed by atoms with Crippen molar-refractivity contribution in [3.63, 3.8) is 0 Å². The molecule has 0 bridgehead atoms. The summed E-state index contributed by atoms with van der Waals surface area (Å²) in [4.78, 5) is 10.7. The van der Waals surface area contributed by atoms with Crippen LogP contribution in [0.15, 0.2) is 6.07 Å². The maximum atomic E-state index is 9.05. The number of aliphatic hydroxyl groups is 1. The highest BCUT2D eigenvalue weighted by Crippen LogP contribution is 2.17. The van der Waals surface area contributed by atoms with Crippen molar-refractivity contribution >= 4 is 17.4 Å². The maximum absolute atomic E-state index is 9.05. The molecule has 0 amide bonds. The molecule has 1 heterocycles. The van der Waals surface area contributed by atoms with Gasteiger partial charge >= 0.3 is 0 Å². The topological polar surface area (TPSA) is 49.2 Å². The summed E-state index contributed by atoms with van der Waals surface area (Å²) in [6, 6.07) is 1.76. The summed E-state index contributed by atoms with van der Waals surface area (Å²) < 4.78 is 0. The lowest BCUT2D eigenvalue weighted by Gasteiger charge is -2.22. The molecule has 96 valence electrons. The summed E-state index contributed by atoms with van der Waals surface area (Å²) in [6.07, 6.45) is 2.82. The Hall–Kier alpha value is -0.870. The third kappa shape index (κ3) is 4.48. The van der Waals surface area contributed by atoms with Crippen molar-refractivity contribution in [3.8, 4) is 0 Å². The van der Waals surface area contributed by atoms with Gasteiger partial charge in [-0.3, -0.25) is 0 Å². The number of nitrogens with zero attached hydrogens (tertiary/aromatic N) is 3. The van der Waals surface area contributed by atoms with Crippen LogP contribution in [-0.2, 0) is 6.42 Å². The minimum Gasteiger partial charge on any atom is -0.395 e. The van der Waals surface area contributed by atoms with Crippen molar-refractivity contribution in [3.05, 3.63) is 17.0 Å². The van der Waals surface area contributed by atoms with Crippen molar-refractivity contribution in [2.45, 2.75) is 33.1 Å². The van der Waals surface area contributed by atoms with Gasteiger partial charge in [-0.15, -0.1) is 0 Å². The number of aromatic nitrogens is 2. The van der Waals surface area contributed by atoms with Crippen LogP contribution in [0.4, 0.5) is 5.82 Å². The van der Waals surface area contributed by atoms with Crippen LogP contribution in [0.3, 0.4) is 0 Å². The highest BCUT2D eigenvalue weighted by molar-refractivity contribution is 6.29. The Morgan fingerprint density at radius 2 is 2.00 bits per heavy atom. The normalized spacial score (nSPS) is 10.6. The molecule has 5 heteroatoms. The summed E-state index contributed by atoms with van der Waals surface area (Å²) in [5, 5.41) is 9.52. The molecule has 1 N–H and O–H groups in total. The van der Waals surface area contributed by atoms with Gasteiger partial charge < -0.3 is 10.0 Å². The number of halogens is 1. The number of hydrogen-bond donors (Lipinski definition) is 1. The minimum absolute atomic E-state index is 0.116. The monoisotopic (exact) mass is 257 g/mol. The second kappa shape index (κ2) is 7.45. The Bertz CT molecular complexity index is 341. The Balaban J connectivity index is 2.92. The molecule has 0 radical (unpaired) electrons. The van der Waals surface area contributed by atoms with E-state index in [2.05, 4.69) is 23.8 Å². The molecule has 0 aromatic carbocycles. The highest BCUT2D eigenvalue weighted by Gasteiger charge is 2.09. The van der Waals surface area contributed by atoms with Crippen LogP contribution in [0.1, 0.15) is 32.5 Å². The van der Waals surface area contributed by atoms with Gasteiger partial charge in [0.15, 0.2) is 0 Å². The highest BCUT2D eigenvalue weighted by atomic mass is 35.5. The molecular weight excluding hydrogens is 238 g/mol. The Kier molecular flexibility index (Phi) is 6.22. The second-order valence-electron chi connectivity index (χ2n) is 3.93. The van der Waals surface area contributed by atoms with Gasteiger partial charge in [-0.2, -0.15) is 0 Å². The zero-order valence-corrected chi connectivity index (χ0v) is 11.2. The molecule has 0 spiro atoms. The van der Waals surface area contributed by atoms with Crippen molar-refractivity contribution < 1.29 is 5.11 Å². The maximum Gasteiger partial charge on any atom is 0.134 e.